The number of nitrogens with zero attached hydrogens (tertiary/aromatic N) is 4. The molecule has 1 amide bonds. The fourth-order valence-electron chi connectivity index (χ4n) is 3.22. The minimum atomic E-state index is -5.08. The van der Waals surface area contributed by atoms with E-state index in [1.807, 2.05) is 18.2 Å². The number of nitrogens with one attached hydrogen (secondary N) is 1. The molecule has 0 spiro atoms. The van der Waals surface area contributed by atoms with E-state index in [1.165, 1.54) is 5.56 Å². The molecule has 0 atom stereocenters. The van der Waals surface area contributed by atoms with Gasteiger partial charge in [-0.25, -0.2) is 4.79 Å². The van der Waals surface area contributed by atoms with E-state index in [-0.39, 0.29) is 5.91 Å². The van der Waals surface area contributed by atoms with Gasteiger partial charge in [-0.1, -0.05) is 18.2 Å². The lowest BCUT2D eigenvalue weighted by Crippen LogP contribution is -2.35. The molecule has 0 saturated carbocycles. The molecule has 3 aromatic rings. The van der Waals surface area contributed by atoms with Crippen LogP contribution in [0.2, 0.25) is 0 Å². The number of carbonyl (C=O) groups is 2. The van der Waals surface area contributed by atoms with Crippen molar-refractivity contribution in [2.45, 2.75) is 19.3 Å². The van der Waals surface area contributed by atoms with Crippen LogP contribution in [0.15, 0.2) is 48.7 Å². The van der Waals surface area contributed by atoms with Crippen molar-refractivity contribution in [3.8, 4) is 22.5 Å². The Hall–Kier alpha value is -3.73. The molecule has 1 aliphatic rings. The normalized spacial score (nSPS) is 13.1. The van der Waals surface area contributed by atoms with Crippen LogP contribution in [0.5, 0.6) is 0 Å². The van der Waals surface area contributed by atoms with Gasteiger partial charge in [0.15, 0.2) is 0 Å². The zero-order valence-corrected chi connectivity index (χ0v) is 17.9. The van der Waals surface area contributed by atoms with Crippen LogP contribution >= 0.6 is 0 Å². The number of pyridine rings is 1. The molecule has 0 radical (unpaired) electrons. The summed E-state index contributed by atoms with van der Waals surface area (Å²) in [7, 11) is 4.12. The van der Waals surface area contributed by atoms with Gasteiger partial charge in [0.2, 0.25) is 0 Å². The Bertz CT molecular complexity index is 1160. The standard InChI is InChI=1S/C20H21N5O.C2HF3O2/c1-24(2)13-14-4-3-5-15(10-14)17-11-16(6-7-21-17)18-12-19-20(26)22-8-9-25(19)23-18;3-2(4,5)1(6)7/h3-7,10-12H,8-9,13H2,1-2H3,(H,22,26);(H,6,7). The summed E-state index contributed by atoms with van der Waals surface area (Å²) in [4.78, 5) is 27.5. The van der Waals surface area contributed by atoms with Crippen molar-refractivity contribution in [1.29, 1.82) is 0 Å². The zero-order chi connectivity index (χ0) is 24.2. The topological polar surface area (TPSA) is 100 Å². The third-order valence-electron chi connectivity index (χ3n) is 4.64. The van der Waals surface area contributed by atoms with E-state index in [4.69, 9.17) is 9.90 Å². The Labute approximate surface area is 187 Å². The Morgan fingerprint density at radius 1 is 1.15 bits per heavy atom. The zero-order valence-electron chi connectivity index (χ0n) is 17.9. The Morgan fingerprint density at radius 3 is 2.48 bits per heavy atom. The van der Waals surface area contributed by atoms with E-state index < -0.39 is 12.1 Å². The van der Waals surface area contributed by atoms with Gasteiger partial charge in [0.05, 0.1) is 17.9 Å². The molecular weight excluding hydrogens is 439 g/mol. The molecule has 8 nitrogen and oxygen atoms in total. The summed E-state index contributed by atoms with van der Waals surface area (Å²) in [6.07, 6.45) is -3.29. The van der Waals surface area contributed by atoms with Crippen LogP contribution in [-0.2, 0) is 17.9 Å². The highest BCUT2D eigenvalue weighted by Crippen LogP contribution is 2.25. The van der Waals surface area contributed by atoms with Crippen LogP contribution in [0.3, 0.4) is 0 Å². The number of alkyl halides is 3. The number of fused-ring (bicyclic) bond motifs is 1. The monoisotopic (exact) mass is 461 g/mol. The predicted molar refractivity (Wildman–Crippen MR) is 114 cm³/mol. The summed E-state index contributed by atoms with van der Waals surface area (Å²) in [6, 6.07) is 14.2. The largest absolute Gasteiger partial charge is 0.490 e. The fraction of sp³-hybridized carbons (Fsp3) is 0.273. The van der Waals surface area contributed by atoms with Crippen LogP contribution in [0.1, 0.15) is 16.1 Å². The number of amides is 1. The van der Waals surface area contributed by atoms with Crippen molar-refractivity contribution in [2.75, 3.05) is 20.6 Å². The molecule has 2 N–H and O–H groups in total. The molecule has 0 unspecified atom stereocenters. The molecule has 1 aromatic carbocycles. The highest BCUT2D eigenvalue weighted by molar-refractivity contribution is 5.94. The highest BCUT2D eigenvalue weighted by atomic mass is 19.4. The number of carboxylic acids is 1. The number of rotatable bonds is 4. The maximum Gasteiger partial charge on any atom is 0.490 e. The predicted octanol–water partition coefficient (Wildman–Crippen LogP) is 3.05. The Kier molecular flexibility index (Phi) is 7.12. The van der Waals surface area contributed by atoms with Crippen LogP contribution in [0.25, 0.3) is 22.5 Å². The van der Waals surface area contributed by atoms with Crippen molar-refractivity contribution < 1.29 is 27.9 Å². The summed E-state index contributed by atoms with van der Waals surface area (Å²) in [5.74, 6) is -2.83. The smallest absolute Gasteiger partial charge is 0.475 e. The number of carboxylic acid groups (broad SMARTS) is 1. The van der Waals surface area contributed by atoms with Gasteiger partial charge >= 0.3 is 12.1 Å². The second kappa shape index (κ2) is 9.82. The van der Waals surface area contributed by atoms with Crippen molar-refractivity contribution >= 4 is 11.9 Å². The number of aliphatic carboxylic acids is 1. The summed E-state index contributed by atoms with van der Waals surface area (Å²) in [5.41, 5.74) is 5.59. The first-order valence-corrected chi connectivity index (χ1v) is 9.91. The Balaban J connectivity index is 0.000000383. The summed E-state index contributed by atoms with van der Waals surface area (Å²) < 4.78 is 33.5. The lowest BCUT2D eigenvalue weighted by Gasteiger charge is -2.13. The summed E-state index contributed by atoms with van der Waals surface area (Å²) in [6.45, 7) is 2.20. The van der Waals surface area contributed by atoms with Gasteiger partial charge in [-0.2, -0.15) is 18.3 Å². The van der Waals surface area contributed by atoms with Gasteiger partial charge in [-0.05, 0) is 43.9 Å². The SMILES string of the molecule is CN(C)Cc1cccc(-c2cc(-c3cc4n(n3)CCNC4=O)ccn2)c1.O=C(O)C(F)(F)F. The first-order valence-electron chi connectivity index (χ1n) is 9.91. The van der Waals surface area contributed by atoms with E-state index >= 15 is 0 Å². The van der Waals surface area contributed by atoms with Crippen LogP contribution < -0.4 is 5.32 Å². The molecular formula is C22H22F3N5O3. The molecule has 0 saturated heterocycles. The maximum absolute atomic E-state index is 12.0. The number of carbonyl (C=O) groups excluding carboxylic acids is 1. The van der Waals surface area contributed by atoms with Crippen LogP contribution in [-0.4, -0.2) is 63.5 Å². The third-order valence-corrected chi connectivity index (χ3v) is 4.64. The Morgan fingerprint density at radius 2 is 1.85 bits per heavy atom. The van der Waals surface area contributed by atoms with Crippen molar-refractivity contribution in [3.05, 3.63) is 59.9 Å². The molecule has 33 heavy (non-hydrogen) atoms. The van der Waals surface area contributed by atoms with E-state index in [0.717, 1.165) is 29.1 Å². The van der Waals surface area contributed by atoms with E-state index in [0.29, 0.717) is 18.8 Å². The molecule has 1 aliphatic heterocycles. The molecule has 2 aromatic heterocycles. The van der Waals surface area contributed by atoms with Gasteiger partial charge in [0.1, 0.15) is 5.69 Å². The second-order valence-electron chi connectivity index (χ2n) is 7.56. The summed E-state index contributed by atoms with van der Waals surface area (Å²) >= 11 is 0. The lowest BCUT2D eigenvalue weighted by atomic mass is 10.0. The van der Waals surface area contributed by atoms with Gasteiger partial charge in [-0.3, -0.25) is 14.5 Å². The first kappa shape index (κ1) is 23.9. The van der Waals surface area contributed by atoms with E-state index in [2.05, 4.69) is 58.7 Å². The first-order chi connectivity index (χ1) is 15.5. The number of halogens is 3. The molecule has 11 heteroatoms. The van der Waals surface area contributed by atoms with Crippen LogP contribution in [0, 0.1) is 0 Å². The molecule has 4 rings (SSSR count). The van der Waals surface area contributed by atoms with Crippen molar-refractivity contribution in [3.63, 3.8) is 0 Å². The molecule has 3 heterocycles. The van der Waals surface area contributed by atoms with Gasteiger partial charge in [-0.15, -0.1) is 0 Å². The second-order valence-corrected chi connectivity index (χ2v) is 7.56. The average molecular weight is 461 g/mol. The van der Waals surface area contributed by atoms with Crippen LogP contribution in [0.4, 0.5) is 13.2 Å². The lowest BCUT2D eigenvalue weighted by molar-refractivity contribution is -0.192. The van der Waals surface area contributed by atoms with Crippen molar-refractivity contribution in [1.82, 2.24) is 25.0 Å². The van der Waals surface area contributed by atoms with Crippen molar-refractivity contribution in [2.24, 2.45) is 0 Å². The quantitative estimate of drug-likeness (QED) is 0.620. The maximum atomic E-state index is 12.0. The molecule has 0 bridgehead atoms. The summed E-state index contributed by atoms with van der Waals surface area (Å²) in [5, 5.41) is 14.6. The fourth-order valence-corrected chi connectivity index (χ4v) is 3.22. The number of benzene rings is 1. The average Bonchev–Trinajstić information content (AvgIpc) is 3.19. The van der Waals surface area contributed by atoms with Gasteiger partial charge in [0.25, 0.3) is 5.91 Å². The minimum absolute atomic E-state index is 0.0688. The highest BCUT2D eigenvalue weighted by Gasteiger charge is 2.38. The molecule has 174 valence electrons. The molecule has 0 fully saturated rings. The van der Waals surface area contributed by atoms with Gasteiger partial charge in [0, 0.05) is 30.4 Å². The van der Waals surface area contributed by atoms with Gasteiger partial charge < -0.3 is 15.3 Å². The van der Waals surface area contributed by atoms with E-state index in [1.54, 1.807) is 10.9 Å². The van der Waals surface area contributed by atoms with E-state index in [9.17, 15) is 18.0 Å². The number of hydrogen-bond acceptors (Lipinski definition) is 5. The minimum Gasteiger partial charge on any atom is -0.475 e. The third kappa shape index (κ3) is 6.16. The number of hydrogen-bond donors (Lipinski definition) is 2. The molecule has 0 aliphatic carbocycles. The number of aromatic nitrogens is 3.